The molecule has 0 bridgehead atoms. The maximum Gasteiger partial charge on any atom is 0.153 e. The van der Waals surface area contributed by atoms with Crippen molar-refractivity contribution in [1.82, 2.24) is 20.3 Å². The molecule has 1 atom stereocenters. The number of aryl methyl sites for hydroxylation is 1. The Labute approximate surface area is 142 Å². The van der Waals surface area contributed by atoms with Crippen LogP contribution in [0.25, 0.3) is 0 Å². The lowest BCUT2D eigenvalue weighted by Gasteiger charge is -2.20. The summed E-state index contributed by atoms with van der Waals surface area (Å²) >= 11 is 9.37. The summed E-state index contributed by atoms with van der Waals surface area (Å²) in [6.45, 7) is 2.96. The van der Waals surface area contributed by atoms with E-state index in [9.17, 15) is 0 Å². The first-order chi connectivity index (χ1) is 9.04. The van der Waals surface area contributed by atoms with Gasteiger partial charge in [0, 0.05) is 15.1 Å². The number of nitrogens with one attached hydrogen (secondary N) is 1. The van der Waals surface area contributed by atoms with Crippen molar-refractivity contribution in [1.29, 1.82) is 0 Å². The number of hydrogen-bond donors (Lipinski definition) is 1. The summed E-state index contributed by atoms with van der Waals surface area (Å²) in [4.78, 5) is 0. The maximum absolute atomic E-state index is 4.07. The van der Waals surface area contributed by atoms with E-state index < -0.39 is 0 Å². The highest BCUT2D eigenvalue weighted by atomic mass is 127. The Bertz CT molecular complexity index is 566. The number of hydrogen-bond acceptors (Lipinski definition) is 3. The van der Waals surface area contributed by atoms with E-state index in [0.29, 0.717) is 0 Å². The Morgan fingerprint density at radius 1 is 1.42 bits per heavy atom. The first kappa shape index (κ1) is 15.4. The first-order valence-corrected chi connectivity index (χ1v) is 8.44. The van der Waals surface area contributed by atoms with Gasteiger partial charge in [-0.05, 0) is 68.8 Å². The molecule has 1 aromatic heterocycles. The zero-order valence-electron chi connectivity index (χ0n) is 10.5. The van der Waals surface area contributed by atoms with Gasteiger partial charge in [-0.1, -0.05) is 28.1 Å². The number of rotatable bonds is 4. The molecule has 0 saturated heterocycles. The molecule has 2 aromatic rings. The summed E-state index contributed by atoms with van der Waals surface area (Å²) in [5.74, 6) is 0. The van der Waals surface area contributed by atoms with Crippen LogP contribution in [0.15, 0.2) is 27.3 Å². The SMILES string of the molecule is CCNC(c1cc(Br)ccc1I)c1c(Br)nnn1C. The van der Waals surface area contributed by atoms with E-state index in [4.69, 9.17) is 0 Å². The van der Waals surface area contributed by atoms with Crippen molar-refractivity contribution in [2.45, 2.75) is 13.0 Å². The van der Waals surface area contributed by atoms with Crippen LogP contribution in [0.3, 0.4) is 0 Å². The summed E-state index contributed by atoms with van der Waals surface area (Å²) in [5, 5.41) is 11.6. The molecule has 0 aliphatic carbocycles. The van der Waals surface area contributed by atoms with Crippen LogP contribution in [0, 0.1) is 3.57 Å². The van der Waals surface area contributed by atoms with Gasteiger partial charge in [0.05, 0.1) is 11.7 Å². The van der Waals surface area contributed by atoms with Gasteiger partial charge >= 0.3 is 0 Å². The average Bonchev–Trinajstić information content (AvgIpc) is 2.70. The van der Waals surface area contributed by atoms with Gasteiger partial charge in [0.2, 0.25) is 0 Å². The number of aromatic nitrogens is 3. The standard InChI is InChI=1S/C12H13Br2IN4/c1-3-16-10(11-12(14)17-18-19(11)2)8-6-7(13)4-5-9(8)15/h4-6,10,16H,3H2,1-2H3. The summed E-state index contributed by atoms with van der Waals surface area (Å²) in [5.41, 5.74) is 2.24. The average molecular weight is 500 g/mol. The Balaban J connectivity index is 2.54. The van der Waals surface area contributed by atoms with Crippen LogP contribution in [0.5, 0.6) is 0 Å². The fraction of sp³-hybridized carbons (Fsp3) is 0.333. The predicted octanol–water partition coefficient (Wildman–Crippen LogP) is 3.64. The lowest BCUT2D eigenvalue weighted by atomic mass is 10.0. The third kappa shape index (κ3) is 3.37. The van der Waals surface area contributed by atoms with E-state index in [-0.39, 0.29) is 6.04 Å². The molecule has 7 heteroatoms. The van der Waals surface area contributed by atoms with Crippen molar-refractivity contribution < 1.29 is 0 Å². The molecule has 0 fully saturated rings. The molecule has 0 spiro atoms. The highest BCUT2D eigenvalue weighted by Crippen LogP contribution is 2.31. The minimum absolute atomic E-state index is 0.0591. The molecule has 1 unspecified atom stereocenters. The van der Waals surface area contributed by atoms with Gasteiger partial charge in [-0.25, -0.2) is 4.68 Å². The van der Waals surface area contributed by atoms with Crippen LogP contribution in [0.1, 0.15) is 24.2 Å². The Hall–Kier alpha value is 0.01000. The minimum atomic E-state index is 0.0591. The second kappa shape index (κ2) is 6.64. The van der Waals surface area contributed by atoms with Gasteiger partial charge in [0.15, 0.2) is 4.60 Å². The van der Waals surface area contributed by atoms with Crippen molar-refractivity contribution in [3.63, 3.8) is 0 Å². The van der Waals surface area contributed by atoms with Crippen molar-refractivity contribution in [2.75, 3.05) is 6.54 Å². The molecule has 4 nitrogen and oxygen atoms in total. The van der Waals surface area contributed by atoms with E-state index in [0.717, 1.165) is 21.3 Å². The minimum Gasteiger partial charge on any atom is -0.305 e. The van der Waals surface area contributed by atoms with Crippen molar-refractivity contribution >= 4 is 54.5 Å². The fourth-order valence-electron chi connectivity index (χ4n) is 1.94. The summed E-state index contributed by atoms with van der Waals surface area (Å²) < 4.78 is 4.85. The predicted molar refractivity (Wildman–Crippen MR) is 91.1 cm³/mol. The lowest BCUT2D eigenvalue weighted by molar-refractivity contribution is 0.565. The molecule has 0 saturated carbocycles. The van der Waals surface area contributed by atoms with E-state index in [1.54, 1.807) is 4.68 Å². The van der Waals surface area contributed by atoms with Crippen LogP contribution >= 0.6 is 54.5 Å². The summed E-state index contributed by atoms with van der Waals surface area (Å²) in [6, 6.07) is 6.34. The molecular formula is C12H13Br2IN4. The third-order valence-electron chi connectivity index (χ3n) is 2.78. The van der Waals surface area contributed by atoms with Crippen LogP contribution in [0.4, 0.5) is 0 Å². The lowest BCUT2D eigenvalue weighted by Crippen LogP contribution is -2.25. The van der Waals surface area contributed by atoms with E-state index in [1.807, 2.05) is 13.1 Å². The molecule has 0 aliphatic heterocycles. The monoisotopic (exact) mass is 498 g/mol. The second-order valence-corrected chi connectivity index (χ2v) is 6.87. The first-order valence-electron chi connectivity index (χ1n) is 5.78. The van der Waals surface area contributed by atoms with Crippen LogP contribution in [0.2, 0.25) is 0 Å². The third-order valence-corrected chi connectivity index (χ3v) is 4.82. The molecule has 2 rings (SSSR count). The molecule has 1 heterocycles. The topological polar surface area (TPSA) is 42.7 Å². The number of nitrogens with zero attached hydrogens (tertiary/aromatic N) is 3. The largest absolute Gasteiger partial charge is 0.305 e. The van der Waals surface area contributed by atoms with Crippen molar-refractivity contribution in [3.8, 4) is 0 Å². The quantitative estimate of drug-likeness (QED) is 0.653. The van der Waals surface area contributed by atoms with E-state index >= 15 is 0 Å². The Morgan fingerprint density at radius 2 is 2.16 bits per heavy atom. The second-order valence-electron chi connectivity index (χ2n) is 4.05. The molecule has 102 valence electrons. The van der Waals surface area contributed by atoms with Crippen LogP contribution in [-0.2, 0) is 7.05 Å². The van der Waals surface area contributed by atoms with Crippen LogP contribution in [-0.4, -0.2) is 21.5 Å². The summed E-state index contributed by atoms with van der Waals surface area (Å²) in [6.07, 6.45) is 0. The van der Waals surface area contributed by atoms with Crippen LogP contribution < -0.4 is 5.32 Å². The smallest absolute Gasteiger partial charge is 0.153 e. The summed E-state index contributed by atoms with van der Waals surface area (Å²) in [7, 11) is 1.91. The number of benzene rings is 1. The molecular weight excluding hydrogens is 487 g/mol. The molecule has 0 aliphatic rings. The van der Waals surface area contributed by atoms with Gasteiger partial charge in [0.25, 0.3) is 0 Å². The zero-order valence-corrected chi connectivity index (χ0v) is 15.8. The Morgan fingerprint density at radius 3 is 2.74 bits per heavy atom. The maximum atomic E-state index is 4.07. The van der Waals surface area contributed by atoms with Gasteiger partial charge in [0.1, 0.15) is 0 Å². The van der Waals surface area contributed by atoms with Crippen molar-refractivity contribution in [2.24, 2.45) is 7.05 Å². The normalized spacial score (nSPS) is 12.7. The highest BCUT2D eigenvalue weighted by Gasteiger charge is 2.23. The molecule has 1 aromatic carbocycles. The van der Waals surface area contributed by atoms with Gasteiger partial charge in [-0.2, -0.15) is 0 Å². The van der Waals surface area contributed by atoms with E-state index in [1.165, 1.54) is 9.13 Å². The number of halogens is 3. The highest BCUT2D eigenvalue weighted by molar-refractivity contribution is 14.1. The van der Waals surface area contributed by atoms with Gasteiger partial charge < -0.3 is 5.32 Å². The van der Waals surface area contributed by atoms with Gasteiger partial charge in [-0.3, -0.25) is 0 Å². The van der Waals surface area contributed by atoms with E-state index in [2.05, 4.69) is 89.1 Å². The van der Waals surface area contributed by atoms with Crippen molar-refractivity contribution in [3.05, 3.63) is 42.1 Å². The zero-order chi connectivity index (χ0) is 14.0. The molecule has 1 N–H and O–H groups in total. The fourth-order valence-corrected chi connectivity index (χ4v) is 3.52. The Kier molecular flexibility index (Phi) is 5.38. The molecule has 0 radical (unpaired) electrons. The molecule has 19 heavy (non-hydrogen) atoms. The van der Waals surface area contributed by atoms with Gasteiger partial charge in [-0.15, -0.1) is 5.10 Å². The molecule has 0 amide bonds.